The molecule has 1 aliphatic heterocycles. The molecule has 0 aromatic heterocycles. The molecular formula is C25H20O7. The number of allylic oxidation sites excluding steroid dienone is 1. The van der Waals surface area contributed by atoms with Gasteiger partial charge in [-0.25, -0.2) is 4.79 Å². The van der Waals surface area contributed by atoms with Crippen LogP contribution in [-0.2, 0) is 0 Å². The van der Waals surface area contributed by atoms with Crippen molar-refractivity contribution in [1.82, 2.24) is 0 Å². The van der Waals surface area contributed by atoms with Crippen LogP contribution in [0, 0.1) is 0 Å². The number of carbonyl (C=O) groups is 2. The molecule has 0 saturated heterocycles. The summed E-state index contributed by atoms with van der Waals surface area (Å²) in [5.41, 5.74) is 1.45. The average molecular weight is 432 g/mol. The van der Waals surface area contributed by atoms with Gasteiger partial charge >= 0.3 is 5.97 Å². The number of fused-ring (bicyclic) bond motifs is 1. The maximum Gasteiger partial charge on any atom is 0.343 e. The van der Waals surface area contributed by atoms with E-state index < -0.39 is 5.97 Å². The molecule has 162 valence electrons. The van der Waals surface area contributed by atoms with E-state index >= 15 is 0 Å². The zero-order valence-corrected chi connectivity index (χ0v) is 17.5. The molecule has 0 N–H and O–H groups in total. The second-order valence-corrected chi connectivity index (χ2v) is 6.79. The molecule has 7 nitrogen and oxygen atoms in total. The minimum atomic E-state index is -0.525. The summed E-state index contributed by atoms with van der Waals surface area (Å²) in [6.07, 6.45) is 3.08. The van der Waals surface area contributed by atoms with Crippen molar-refractivity contribution in [2.75, 3.05) is 21.0 Å². The Hall–Kier alpha value is -4.26. The topological polar surface area (TPSA) is 80.3 Å². The maximum absolute atomic E-state index is 12.6. The van der Waals surface area contributed by atoms with Gasteiger partial charge in [-0.3, -0.25) is 4.79 Å². The van der Waals surface area contributed by atoms with E-state index in [1.165, 1.54) is 13.2 Å². The molecule has 4 rings (SSSR count). The van der Waals surface area contributed by atoms with Gasteiger partial charge in [0.15, 0.2) is 17.3 Å². The lowest BCUT2D eigenvalue weighted by Crippen LogP contribution is -2.08. The molecule has 3 aromatic carbocycles. The van der Waals surface area contributed by atoms with Crippen LogP contribution < -0.4 is 23.7 Å². The Bertz CT molecular complexity index is 1200. The molecule has 0 unspecified atom stereocenters. The molecule has 0 amide bonds. The van der Waals surface area contributed by atoms with E-state index in [0.717, 1.165) is 0 Å². The van der Waals surface area contributed by atoms with Crippen molar-refractivity contribution in [2.24, 2.45) is 0 Å². The van der Waals surface area contributed by atoms with E-state index in [2.05, 4.69) is 0 Å². The van der Waals surface area contributed by atoms with Crippen LogP contribution in [0.3, 0.4) is 0 Å². The van der Waals surface area contributed by atoms with Gasteiger partial charge in [0.1, 0.15) is 17.2 Å². The highest BCUT2D eigenvalue weighted by Crippen LogP contribution is 2.33. The minimum Gasteiger partial charge on any atom is -0.497 e. The lowest BCUT2D eigenvalue weighted by molar-refractivity contribution is 0.0734. The van der Waals surface area contributed by atoms with E-state index in [-0.39, 0.29) is 12.6 Å². The summed E-state index contributed by atoms with van der Waals surface area (Å²) < 4.78 is 26.4. The second kappa shape index (κ2) is 9.26. The van der Waals surface area contributed by atoms with Crippen molar-refractivity contribution in [1.29, 1.82) is 0 Å². The number of esters is 1. The fourth-order valence-electron chi connectivity index (χ4n) is 3.13. The Kier molecular flexibility index (Phi) is 6.07. The van der Waals surface area contributed by atoms with Crippen molar-refractivity contribution in [3.63, 3.8) is 0 Å². The molecule has 0 spiro atoms. The monoisotopic (exact) mass is 432 g/mol. The molecule has 7 heteroatoms. The van der Waals surface area contributed by atoms with Crippen molar-refractivity contribution in [3.05, 3.63) is 83.4 Å². The van der Waals surface area contributed by atoms with Gasteiger partial charge in [-0.15, -0.1) is 0 Å². The summed E-state index contributed by atoms with van der Waals surface area (Å²) in [4.78, 5) is 25.1. The number of carbonyl (C=O) groups excluding carboxylic acids is 2. The highest BCUT2D eigenvalue weighted by atomic mass is 16.7. The van der Waals surface area contributed by atoms with Crippen LogP contribution in [0.25, 0.3) is 6.08 Å². The smallest absolute Gasteiger partial charge is 0.343 e. The summed E-state index contributed by atoms with van der Waals surface area (Å²) in [6.45, 7) is 0.128. The van der Waals surface area contributed by atoms with E-state index in [9.17, 15) is 9.59 Å². The van der Waals surface area contributed by atoms with E-state index in [0.29, 0.717) is 45.4 Å². The zero-order valence-electron chi connectivity index (χ0n) is 17.5. The SMILES string of the molecule is COc1ccc(C(=O)C=Cc2cccc(OC(=O)c3ccc4c(c3)OCO4)c2)c(OC)c1. The summed E-state index contributed by atoms with van der Waals surface area (Å²) in [6, 6.07) is 16.7. The van der Waals surface area contributed by atoms with Gasteiger partial charge in [0.25, 0.3) is 0 Å². The first kappa shape index (κ1) is 21.0. The molecule has 0 radical (unpaired) electrons. The van der Waals surface area contributed by atoms with Gasteiger partial charge in [0.2, 0.25) is 6.79 Å². The highest BCUT2D eigenvalue weighted by Gasteiger charge is 2.17. The van der Waals surface area contributed by atoms with Gasteiger partial charge in [0, 0.05) is 6.07 Å². The van der Waals surface area contributed by atoms with Gasteiger partial charge < -0.3 is 23.7 Å². The third-order valence-corrected chi connectivity index (χ3v) is 4.78. The van der Waals surface area contributed by atoms with Gasteiger partial charge in [-0.05, 0) is 54.1 Å². The van der Waals surface area contributed by atoms with Crippen LogP contribution >= 0.6 is 0 Å². The predicted octanol–water partition coefficient (Wildman–Crippen LogP) is 4.55. The maximum atomic E-state index is 12.6. The number of hydrogen-bond donors (Lipinski definition) is 0. The van der Waals surface area contributed by atoms with Crippen LogP contribution in [-0.4, -0.2) is 32.8 Å². The highest BCUT2D eigenvalue weighted by molar-refractivity contribution is 6.08. The standard InChI is InChI=1S/C25H20O7/c1-28-18-8-9-20(23(14-18)29-2)21(26)10-6-16-4-3-5-19(12-16)32-25(27)17-7-11-22-24(13-17)31-15-30-22/h3-14H,15H2,1-2H3. The van der Waals surface area contributed by atoms with Crippen LogP contribution in [0.2, 0.25) is 0 Å². The molecule has 0 fully saturated rings. The van der Waals surface area contributed by atoms with E-state index in [1.807, 2.05) is 0 Å². The van der Waals surface area contributed by atoms with Crippen molar-refractivity contribution in [3.8, 4) is 28.7 Å². The van der Waals surface area contributed by atoms with E-state index in [4.69, 9.17) is 23.7 Å². The minimum absolute atomic E-state index is 0.128. The first-order chi connectivity index (χ1) is 15.6. The number of benzene rings is 3. The number of hydrogen-bond acceptors (Lipinski definition) is 7. The van der Waals surface area contributed by atoms with Crippen molar-refractivity contribution >= 4 is 17.8 Å². The third-order valence-electron chi connectivity index (χ3n) is 4.78. The summed E-state index contributed by atoms with van der Waals surface area (Å²) in [5.74, 6) is 1.71. The number of methoxy groups -OCH3 is 2. The number of ketones is 1. The predicted molar refractivity (Wildman–Crippen MR) is 117 cm³/mol. The number of rotatable bonds is 7. The number of ether oxygens (including phenoxy) is 5. The molecule has 0 atom stereocenters. The Morgan fingerprint density at radius 3 is 2.53 bits per heavy atom. The Morgan fingerprint density at radius 2 is 1.72 bits per heavy atom. The molecule has 1 aliphatic rings. The fraction of sp³-hybridized carbons (Fsp3) is 0.120. The van der Waals surface area contributed by atoms with Gasteiger partial charge in [-0.1, -0.05) is 18.2 Å². The Morgan fingerprint density at radius 1 is 0.875 bits per heavy atom. The van der Waals surface area contributed by atoms with Crippen molar-refractivity contribution < 1.29 is 33.3 Å². The lowest BCUT2D eigenvalue weighted by atomic mass is 10.1. The van der Waals surface area contributed by atoms with Gasteiger partial charge in [0.05, 0.1) is 25.3 Å². The first-order valence-corrected chi connectivity index (χ1v) is 9.73. The molecule has 0 bridgehead atoms. The molecule has 0 saturated carbocycles. The Balaban J connectivity index is 1.46. The Labute approximate surface area is 184 Å². The van der Waals surface area contributed by atoms with Crippen LogP contribution in [0.1, 0.15) is 26.3 Å². The summed E-state index contributed by atoms with van der Waals surface area (Å²) >= 11 is 0. The first-order valence-electron chi connectivity index (χ1n) is 9.73. The molecule has 32 heavy (non-hydrogen) atoms. The van der Waals surface area contributed by atoms with Crippen LogP contribution in [0.4, 0.5) is 0 Å². The molecule has 0 aliphatic carbocycles. The normalized spacial score (nSPS) is 11.9. The third kappa shape index (κ3) is 4.57. The second-order valence-electron chi connectivity index (χ2n) is 6.79. The quantitative estimate of drug-likeness (QED) is 0.235. The van der Waals surface area contributed by atoms with E-state index in [1.54, 1.807) is 73.8 Å². The lowest BCUT2D eigenvalue weighted by Gasteiger charge is -2.08. The molecule has 3 aromatic rings. The average Bonchev–Trinajstić information content (AvgIpc) is 3.30. The van der Waals surface area contributed by atoms with Gasteiger partial charge in [-0.2, -0.15) is 0 Å². The van der Waals surface area contributed by atoms with Crippen molar-refractivity contribution in [2.45, 2.75) is 0 Å². The zero-order chi connectivity index (χ0) is 22.5. The molecular weight excluding hydrogens is 412 g/mol. The summed E-state index contributed by atoms with van der Waals surface area (Å²) in [5, 5.41) is 0. The van der Waals surface area contributed by atoms with Crippen LogP contribution in [0.5, 0.6) is 28.7 Å². The fourth-order valence-corrected chi connectivity index (χ4v) is 3.13. The summed E-state index contributed by atoms with van der Waals surface area (Å²) in [7, 11) is 3.04. The van der Waals surface area contributed by atoms with Crippen LogP contribution in [0.15, 0.2) is 66.7 Å². The largest absolute Gasteiger partial charge is 0.497 e. The molecule has 1 heterocycles.